The van der Waals surface area contributed by atoms with Crippen molar-refractivity contribution in [2.24, 2.45) is 0 Å². The second kappa shape index (κ2) is 8.16. The summed E-state index contributed by atoms with van der Waals surface area (Å²) in [7, 11) is -2.23. The fraction of sp³-hybridized carbons (Fsp3) is 0.0870. The molecular weight excluding hydrogens is 414 g/mol. The molecule has 0 fully saturated rings. The predicted octanol–water partition coefficient (Wildman–Crippen LogP) is 4.26. The molecule has 0 amide bonds. The Hall–Kier alpha value is -3.78. The highest BCUT2D eigenvalue weighted by atomic mass is 32.2. The zero-order valence-corrected chi connectivity index (χ0v) is 17.6. The Labute approximate surface area is 180 Å². The quantitative estimate of drug-likeness (QED) is 0.537. The average molecular weight is 436 g/mol. The minimum absolute atomic E-state index is 0.0956. The summed E-state index contributed by atoms with van der Waals surface area (Å²) in [6.45, 7) is 0.152. The molecule has 3 aromatic carbocycles. The summed E-state index contributed by atoms with van der Waals surface area (Å²) >= 11 is 0. The van der Waals surface area contributed by atoms with E-state index in [4.69, 9.17) is 10.1 Å². The Kier molecular flexibility index (Phi) is 5.39. The third-order valence-electron chi connectivity index (χ3n) is 4.97. The van der Waals surface area contributed by atoms with Crippen LogP contribution in [0.3, 0.4) is 0 Å². The van der Waals surface area contributed by atoms with Crippen molar-refractivity contribution in [3.05, 3.63) is 90.2 Å². The molecule has 0 aliphatic carbocycles. The highest BCUT2D eigenvalue weighted by molar-refractivity contribution is 7.92. The molecule has 0 bridgehead atoms. The van der Waals surface area contributed by atoms with Crippen molar-refractivity contribution in [3.8, 4) is 5.75 Å². The van der Waals surface area contributed by atoms with Crippen LogP contribution in [0.5, 0.6) is 5.75 Å². The van der Waals surface area contributed by atoms with E-state index < -0.39 is 10.0 Å². The number of nitrogens with zero attached hydrogens (tertiary/aromatic N) is 1. The Bertz CT molecular complexity index is 1240. The maximum atomic E-state index is 12.7. The van der Waals surface area contributed by atoms with Crippen molar-refractivity contribution in [1.29, 1.82) is 5.41 Å². The van der Waals surface area contributed by atoms with E-state index in [0.717, 1.165) is 5.56 Å². The van der Waals surface area contributed by atoms with Crippen molar-refractivity contribution in [2.75, 3.05) is 23.3 Å². The van der Waals surface area contributed by atoms with Crippen LogP contribution in [0.15, 0.2) is 89.5 Å². The summed E-state index contributed by atoms with van der Waals surface area (Å²) in [6, 6.07) is 22.0. The summed E-state index contributed by atoms with van der Waals surface area (Å²) in [5.41, 5.74) is 2.27. The standard InChI is InChI=1S/C23H21N3O4S/c1-30-19-11-7-17(8-12-19)25-31(28,29)20-13-9-18(10-14-20)26-15-21(27)22(23(26)24)16-5-3-2-4-6-16/h2-14,24-25,27H,15H2,1H3. The number of aliphatic hydroxyl groups is 1. The minimum Gasteiger partial charge on any atom is -0.510 e. The number of ether oxygens (including phenoxy) is 1. The average Bonchev–Trinajstić information content (AvgIpc) is 3.08. The van der Waals surface area contributed by atoms with Gasteiger partial charge in [-0.25, -0.2) is 8.42 Å². The van der Waals surface area contributed by atoms with Crippen molar-refractivity contribution < 1.29 is 18.3 Å². The van der Waals surface area contributed by atoms with Crippen LogP contribution in [-0.4, -0.2) is 33.0 Å². The Morgan fingerprint density at radius 2 is 1.61 bits per heavy atom. The lowest BCUT2D eigenvalue weighted by Crippen LogP contribution is -2.26. The summed E-state index contributed by atoms with van der Waals surface area (Å²) < 4.78 is 33.0. The molecule has 8 heteroatoms. The number of rotatable bonds is 6. The molecular formula is C23H21N3O4S. The van der Waals surface area contributed by atoms with E-state index in [1.54, 1.807) is 48.4 Å². The zero-order valence-electron chi connectivity index (χ0n) is 16.7. The number of sulfonamides is 1. The fourth-order valence-corrected chi connectivity index (χ4v) is 4.45. The molecule has 1 aliphatic rings. The van der Waals surface area contributed by atoms with Gasteiger partial charge in [0.2, 0.25) is 0 Å². The number of aliphatic hydroxyl groups excluding tert-OH is 1. The first kappa shape index (κ1) is 20.5. The van der Waals surface area contributed by atoms with Gasteiger partial charge in [0.25, 0.3) is 10.0 Å². The number of anilines is 2. The number of methoxy groups -OCH3 is 1. The van der Waals surface area contributed by atoms with Crippen molar-refractivity contribution >= 4 is 32.8 Å². The first-order valence-corrected chi connectivity index (χ1v) is 11.0. The van der Waals surface area contributed by atoms with E-state index in [2.05, 4.69) is 4.72 Å². The largest absolute Gasteiger partial charge is 0.510 e. The maximum Gasteiger partial charge on any atom is 0.261 e. The van der Waals surface area contributed by atoms with Crippen LogP contribution in [0.1, 0.15) is 5.56 Å². The number of hydrogen-bond acceptors (Lipinski definition) is 5. The first-order chi connectivity index (χ1) is 14.9. The van der Waals surface area contributed by atoms with E-state index in [9.17, 15) is 13.5 Å². The molecule has 7 nitrogen and oxygen atoms in total. The Balaban J connectivity index is 1.52. The van der Waals surface area contributed by atoms with Gasteiger partial charge in [-0.1, -0.05) is 30.3 Å². The molecule has 0 radical (unpaired) electrons. The molecule has 0 aromatic heterocycles. The Morgan fingerprint density at radius 3 is 2.23 bits per heavy atom. The molecule has 4 rings (SSSR count). The van der Waals surface area contributed by atoms with E-state index in [1.165, 1.54) is 12.1 Å². The van der Waals surface area contributed by atoms with Crippen LogP contribution in [-0.2, 0) is 10.0 Å². The molecule has 1 heterocycles. The smallest absolute Gasteiger partial charge is 0.261 e. The molecule has 0 spiro atoms. The van der Waals surface area contributed by atoms with Crippen LogP contribution in [0.2, 0.25) is 0 Å². The third-order valence-corrected chi connectivity index (χ3v) is 6.36. The summed E-state index contributed by atoms with van der Waals surface area (Å²) in [5, 5.41) is 18.9. The van der Waals surface area contributed by atoms with Crippen LogP contribution in [0, 0.1) is 5.41 Å². The van der Waals surface area contributed by atoms with E-state index >= 15 is 0 Å². The van der Waals surface area contributed by atoms with E-state index in [-0.39, 0.29) is 23.0 Å². The first-order valence-electron chi connectivity index (χ1n) is 9.50. The monoisotopic (exact) mass is 435 g/mol. The van der Waals surface area contributed by atoms with Gasteiger partial charge in [0, 0.05) is 11.4 Å². The second-order valence-corrected chi connectivity index (χ2v) is 8.63. The van der Waals surface area contributed by atoms with Gasteiger partial charge in [-0.05, 0) is 54.1 Å². The lowest BCUT2D eigenvalue weighted by molar-refractivity contribution is 0.411. The zero-order chi connectivity index (χ0) is 22.0. The molecule has 0 atom stereocenters. The molecule has 3 aromatic rings. The van der Waals surface area contributed by atoms with Gasteiger partial charge in [0.1, 0.15) is 17.3 Å². The van der Waals surface area contributed by atoms with Gasteiger partial charge in [-0.15, -0.1) is 0 Å². The Morgan fingerprint density at radius 1 is 0.968 bits per heavy atom. The lowest BCUT2D eigenvalue weighted by atomic mass is 10.1. The molecule has 158 valence electrons. The molecule has 3 N–H and O–H groups in total. The second-order valence-electron chi connectivity index (χ2n) is 6.95. The molecule has 0 saturated carbocycles. The van der Waals surface area contributed by atoms with Gasteiger partial charge in [-0.2, -0.15) is 0 Å². The van der Waals surface area contributed by atoms with Crippen LogP contribution in [0.4, 0.5) is 11.4 Å². The molecule has 1 aliphatic heterocycles. The fourth-order valence-electron chi connectivity index (χ4n) is 3.39. The number of hydrogen-bond donors (Lipinski definition) is 3. The van der Waals surface area contributed by atoms with Gasteiger partial charge in [-0.3, -0.25) is 10.1 Å². The van der Waals surface area contributed by atoms with Gasteiger partial charge in [0.15, 0.2) is 0 Å². The molecule has 31 heavy (non-hydrogen) atoms. The normalized spacial score (nSPS) is 14.1. The van der Waals surface area contributed by atoms with Crippen molar-refractivity contribution in [1.82, 2.24) is 0 Å². The van der Waals surface area contributed by atoms with E-state index in [0.29, 0.717) is 22.7 Å². The van der Waals surface area contributed by atoms with Crippen LogP contribution < -0.4 is 14.4 Å². The van der Waals surface area contributed by atoms with Gasteiger partial charge >= 0.3 is 0 Å². The maximum absolute atomic E-state index is 12.7. The number of nitrogens with one attached hydrogen (secondary N) is 2. The van der Waals surface area contributed by atoms with Crippen molar-refractivity contribution in [3.63, 3.8) is 0 Å². The minimum atomic E-state index is -3.77. The highest BCUT2D eigenvalue weighted by Gasteiger charge is 2.29. The summed E-state index contributed by atoms with van der Waals surface area (Å²) in [4.78, 5) is 1.73. The molecule has 0 saturated heterocycles. The summed E-state index contributed by atoms with van der Waals surface area (Å²) in [6.07, 6.45) is 0. The predicted molar refractivity (Wildman–Crippen MR) is 121 cm³/mol. The van der Waals surface area contributed by atoms with Gasteiger partial charge in [0.05, 0.1) is 24.1 Å². The van der Waals surface area contributed by atoms with Gasteiger partial charge < -0.3 is 14.7 Å². The van der Waals surface area contributed by atoms with Crippen LogP contribution in [0.25, 0.3) is 5.57 Å². The van der Waals surface area contributed by atoms with E-state index in [1.807, 2.05) is 30.3 Å². The highest BCUT2D eigenvalue weighted by Crippen LogP contribution is 2.31. The SMILES string of the molecule is COc1ccc(NS(=O)(=O)c2ccc(N3CC(O)=C(c4ccccc4)C3=N)cc2)cc1. The summed E-state index contributed by atoms with van der Waals surface area (Å²) in [5.74, 6) is 0.900. The van der Waals surface area contributed by atoms with Crippen molar-refractivity contribution in [2.45, 2.75) is 4.90 Å². The lowest BCUT2D eigenvalue weighted by Gasteiger charge is -2.19. The topological polar surface area (TPSA) is 103 Å². The molecule has 0 unspecified atom stereocenters. The number of benzene rings is 3. The van der Waals surface area contributed by atoms with Crippen LogP contribution >= 0.6 is 0 Å². The third kappa shape index (κ3) is 4.10. The number of amidine groups is 1.